The number of ether oxygens (including phenoxy) is 1. The first-order valence-electron chi connectivity index (χ1n) is 4.80. The average molecular weight is 193 g/mol. The maximum absolute atomic E-state index is 5.66. The fourth-order valence-electron chi connectivity index (χ4n) is 1.58. The fraction of sp³-hybridized carbons (Fsp3) is 0.500. The molecule has 1 unspecified atom stereocenters. The first-order chi connectivity index (χ1) is 6.77. The van der Waals surface area contributed by atoms with Crippen LogP contribution in [0.2, 0.25) is 0 Å². The molecule has 1 aliphatic rings. The topological polar surface area (TPSA) is 60.2 Å². The quantitative estimate of drug-likeness (QED) is 0.687. The van der Waals surface area contributed by atoms with E-state index in [1.807, 2.05) is 13.1 Å². The van der Waals surface area contributed by atoms with E-state index in [0.29, 0.717) is 12.4 Å². The molecule has 0 amide bonds. The minimum absolute atomic E-state index is 0.260. The molecule has 3 N–H and O–H groups in total. The molecule has 0 saturated carbocycles. The Morgan fingerprint density at radius 1 is 1.64 bits per heavy atom. The molecule has 1 aromatic rings. The summed E-state index contributed by atoms with van der Waals surface area (Å²) in [6.45, 7) is 4.37. The predicted octanol–water partition coefficient (Wildman–Crippen LogP) is 0.633. The van der Waals surface area contributed by atoms with E-state index in [0.717, 1.165) is 24.3 Å². The van der Waals surface area contributed by atoms with Crippen LogP contribution in [-0.4, -0.2) is 24.7 Å². The van der Waals surface area contributed by atoms with Crippen LogP contribution in [0.15, 0.2) is 12.3 Å². The van der Waals surface area contributed by atoms with E-state index in [4.69, 9.17) is 10.5 Å². The molecule has 2 rings (SSSR count). The summed E-state index contributed by atoms with van der Waals surface area (Å²) in [5.41, 5.74) is 7.83. The molecule has 0 bridgehead atoms. The molecule has 1 aliphatic heterocycles. The SMILES string of the molecule is Cc1cc(C2COCCN2)cnc1N. The van der Waals surface area contributed by atoms with Crippen molar-refractivity contribution in [1.82, 2.24) is 10.3 Å². The normalized spacial score (nSPS) is 22.2. The van der Waals surface area contributed by atoms with E-state index in [1.54, 1.807) is 0 Å². The van der Waals surface area contributed by atoms with Crippen LogP contribution in [0.1, 0.15) is 17.2 Å². The van der Waals surface area contributed by atoms with Gasteiger partial charge in [-0.3, -0.25) is 0 Å². The average Bonchev–Trinajstić information content (AvgIpc) is 2.23. The number of pyridine rings is 1. The number of hydrogen-bond acceptors (Lipinski definition) is 4. The van der Waals surface area contributed by atoms with Crippen molar-refractivity contribution in [3.8, 4) is 0 Å². The van der Waals surface area contributed by atoms with Crippen molar-refractivity contribution >= 4 is 5.82 Å². The van der Waals surface area contributed by atoms with Crippen molar-refractivity contribution in [3.05, 3.63) is 23.4 Å². The number of rotatable bonds is 1. The molecule has 0 spiro atoms. The number of anilines is 1. The van der Waals surface area contributed by atoms with Crippen molar-refractivity contribution in [3.63, 3.8) is 0 Å². The van der Waals surface area contributed by atoms with Gasteiger partial charge in [0, 0.05) is 12.7 Å². The molecule has 4 heteroatoms. The van der Waals surface area contributed by atoms with Gasteiger partial charge in [-0.1, -0.05) is 0 Å². The van der Waals surface area contributed by atoms with Gasteiger partial charge in [0.2, 0.25) is 0 Å². The second kappa shape index (κ2) is 3.94. The highest BCUT2D eigenvalue weighted by Crippen LogP contribution is 2.18. The van der Waals surface area contributed by atoms with Gasteiger partial charge in [-0.05, 0) is 24.1 Å². The van der Waals surface area contributed by atoms with Crippen LogP contribution in [0.4, 0.5) is 5.82 Å². The highest BCUT2D eigenvalue weighted by Gasteiger charge is 2.15. The van der Waals surface area contributed by atoms with Crippen LogP contribution < -0.4 is 11.1 Å². The Hall–Kier alpha value is -1.13. The van der Waals surface area contributed by atoms with E-state index >= 15 is 0 Å². The molecule has 0 aliphatic carbocycles. The molecule has 2 heterocycles. The third-order valence-electron chi connectivity index (χ3n) is 2.46. The van der Waals surface area contributed by atoms with Crippen molar-refractivity contribution in [2.75, 3.05) is 25.5 Å². The zero-order chi connectivity index (χ0) is 9.97. The molecule has 1 aromatic heterocycles. The van der Waals surface area contributed by atoms with E-state index in [2.05, 4.69) is 16.4 Å². The van der Waals surface area contributed by atoms with Crippen molar-refractivity contribution in [2.24, 2.45) is 0 Å². The molecule has 0 aromatic carbocycles. The molecule has 1 saturated heterocycles. The van der Waals surface area contributed by atoms with Crippen LogP contribution in [0.3, 0.4) is 0 Å². The van der Waals surface area contributed by atoms with Gasteiger partial charge in [-0.25, -0.2) is 4.98 Å². The number of aromatic nitrogens is 1. The highest BCUT2D eigenvalue weighted by molar-refractivity contribution is 5.40. The summed E-state index contributed by atoms with van der Waals surface area (Å²) in [5.74, 6) is 0.602. The lowest BCUT2D eigenvalue weighted by Crippen LogP contribution is -2.34. The zero-order valence-electron chi connectivity index (χ0n) is 8.29. The predicted molar refractivity (Wildman–Crippen MR) is 54.9 cm³/mol. The Morgan fingerprint density at radius 3 is 3.14 bits per heavy atom. The summed E-state index contributed by atoms with van der Waals surface area (Å²) < 4.78 is 5.39. The van der Waals surface area contributed by atoms with Gasteiger partial charge in [-0.15, -0.1) is 0 Å². The molecule has 14 heavy (non-hydrogen) atoms. The lowest BCUT2D eigenvalue weighted by molar-refractivity contribution is 0.0768. The summed E-state index contributed by atoms with van der Waals surface area (Å²) in [6.07, 6.45) is 1.81. The van der Waals surface area contributed by atoms with Gasteiger partial charge in [-0.2, -0.15) is 0 Å². The van der Waals surface area contributed by atoms with E-state index in [1.165, 1.54) is 0 Å². The van der Waals surface area contributed by atoms with Gasteiger partial charge in [0.25, 0.3) is 0 Å². The molecular weight excluding hydrogens is 178 g/mol. The summed E-state index contributed by atoms with van der Waals surface area (Å²) in [5, 5.41) is 3.38. The molecule has 76 valence electrons. The molecule has 0 radical (unpaired) electrons. The number of aryl methyl sites for hydroxylation is 1. The standard InChI is InChI=1S/C10H15N3O/c1-7-4-8(5-13-10(7)11)9-6-14-3-2-12-9/h4-5,9,12H,2-3,6H2,1H3,(H2,11,13). The maximum Gasteiger partial charge on any atom is 0.126 e. The van der Waals surface area contributed by atoms with Gasteiger partial charge < -0.3 is 15.8 Å². The maximum atomic E-state index is 5.66. The van der Waals surface area contributed by atoms with Crippen LogP contribution in [0.25, 0.3) is 0 Å². The third kappa shape index (κ3) is 1.86. The molecular formula is C10H15N3O. The Labute approximate surface area is 83.5 Å². The Morgan fingerprint density at radius 2 is 2.50 bits per heavy atom. The summed E-state index contributed by atoms with van der Waals surface area (Å²) in [7, 11) is 0. The van der Waals surface area contributed by atoms with Crippen molar-refractivity contribution < 1.29 is 4.74 Å². The number of nitrogen functional groups attached to an aromatic ring is 1. The van der Waals surface area contributed by atoms with Crippen LogP contribution in [-0.2, 0) is 4.74 Å². The number of nitrogens with one attached hydrogen (secondary N) is 1. The Kier molecular flexibility index (Phi) is 2.65. The largest absolute Gasteiger partial charge is 0.383 e. The Bertz CT molecular complexity index is 321. The number of morpholine rings is 1. The lowest BCUT2D eigenvalue weighted by Gasteiger charge is -2.24. The monoisotopic (exact) mass is 193 g/mol. The minimum Gasteiger partial charge on any atom is -0.383 e. The Balaban J connectivity index is 2.18. The van der Waals surface area contributed by atoms with E-state index in [9.17, 15) is 0 Å². The second-order valence-electron chi connectivity index (χ2n) is 3.55. The zero-order valence-corrected chi connectivity index (χ0v) is 8.29. The number of hydrogen-bond donors (Lipinski definition) is 2. The molecule has 1 atom stereocenters. The van der Waals surface area contributed by atoms with Crippen LogP contribution >= 0.6 is 0 Å². The lowest BCUT2D eigenvalue weighted by atomic mass is 10.1. The van der Waals surface area contributed by atoms with E-state index < -0.39 is 0 Å². The summed E-state index contributed by atoms with van der Waals surface area (Å²) >= 11 is 0. The van der Waals surface area contributed by atoms with Crippen molar-refractivity contribution in [2.45, 2.75) is 13.0 Å². The van der Waals surface area contributed by atoms with E-state index in [-0.39, 0.29) is 6.04 Å². The number of nitrogens with two attached hydrogens (primary N) is 1. The first-order valence-corrected chi connectivity index (χ1v) is 4.80. The minimum atomic E-state index is 0.260. The third-order valence-corrected chi connectivity index (χ3v) is 2.46. The van der Waals surface area contributed by atoms with Crippen LogP contribution in [0, 0.1) is 6.92 Å². The first kappa shape index (κ1) is 9.43. The second-order valence-corrected chi connectivity index (χ2v) is 3.55. The van der Waals surface area contributed by atoms with Crippen LogP contribution in [0.5, 0.6) is 0 Å². The molecule has 4 nitrogen and oxygen atoms in total. The number of nitrogens with zero attached hydrogens (tertiary/aromatic N) is 1. The van der Waals surface area contributed by atoms with Gasteiger partial charge in [0.15, 0.2) is 0 Å². The van der Waals surface area contributed by atoms with Crippen molar-refractivity contribution in [1.29, 1.82) is 0 Å². The summed E-state index contributed by atoms with van der Waals surface area (Å²) in [4.78, 5) is 4.14. The van der Waals surface area contributed by atoms with Gasteiger partial charge in [0.1, 0.15) is 5.82 Å². The molecule has 1 fully saturated rings. The van der Waals surface area contributed by atoms with Gasteiger partial charge in [0.05, 0.1) is 19.3 Å². The summed E-state index contributed by atoms with van der Waals surface area (Å²) in [6, 6.07) is 2.32. The fourth-order valence-corrected chi connectivity index (χ4v) is 1.58. The highest BCUT2D eigenvalue weighted by atomic mass is 16.5. The smallest absolute Gasteiger partial charge is 0.126 e. The van der Waals surface area contributed by atoms with Gasteiger partial charge >= 0.3 is 0 Å².